The van der Waals surface area contributed by atoms with Crippen LogP contribution in [0.4, 0.5) is 0 Å². The number of thiophene rings is 1. The van der Waals surface area contributed by atoms with E-state index in [1.807, 2.05) is 30.3 Å². The molecule has 92 valence electrons. The molecule has 0 amide bonds. The van der Waals surface area contributed by atoms with Crippen LogP contribution in [0.1, 0.15) is 27.1 Å². The third-order valence-electron chi connectivity index (χ3n) is 3.24. The van der Waals surface area contributed by atoms with Crippen LogP contribution in [-0.2, 0) is 0 Å². The first-order valence-electron chi connectivity index (χ1n) is 5.96. The summed E-state index contributed by atoms with van der Waals surface area (Å²) in [4.78, 5) is 2.47. The van der Waals surface area contributed by atoms with Crippen molar-refractivity contribution in [3.05, 3.63) is 57.5 Å². The van der Waals surface area contributed by atoms with Gasteiger partial charge in [-0.2, -0.15) is 0 Å². The van der Waals surface area contributed by atoms with E-state index in [4.69, 9.17) is 10.2 Å². The van der Waals surface area contributed by atoms with Crippen molar-refractivity contribution in [2.24, 2.45) is 5.73 Å². The molecule has 18 heavy (non-hydrogen) atoms. The fourth-order valence-corrected chi connectivity index (χ4v) is 3.10. The van der Waals surface area contributed by atoms with Gasteiger partial charge in [0.15, 0.2) is 0 Å². The zero-order valence-electron chi connectivity index (χ0n) is 10.4. The van der Waals surface area contributed by atoms with Gasteiger partial charge < -0.3 is 10.2 Å². The van der Waals surface area contributed by atoms with E-state index < -0.39 is 0 Å². The van der Waals surface area contributed by atoms with E-state index in [1.54, 1.807) is 11.3 Å². The van der Waals surface area contributed by atoms with Gasteiger partial charge in [-0.3, -0.25) is 0 Å². The Hall–Kier alpha value is -1.58. The SMILES string of the molecule is Cc1cc(C(N)c2cc3ccccc3o2)sc1C. The Morgan fingerprint density at radius 2 is 1.94 bits per heavy atom. The monoisotopic (exact) mass is 257 g/mol. The van der Waals surface area contributed by atoms with Crippen LogP contribution in [0.15, 0.2) is 40.8 Å². The Morgan fingerprint density at radius 1 is 1.17 bits per heavy atom. The molecule has 0 aliphatic carbocycles. The molecule has 0 aliphatic rings. The molecule has 2 nitrogen and oxygen atoms in total. The molecule has 0 saturated heterocycles. The van der Waals surface area contributed by atoms with Gasteiger partial charge in [0, 0.05) is 15.1 Å². The highest BCUT2D eigenvalue weighted by Crippen LogP contribution is 2.31. The van der Waals surface area contributed by atoms with E-state index in [1.165, 1.54) is 10.4 Å². The Labute approximate surface area is 110 Å². The molecule has 0 bridgehead atoms. The quantitative estimate of drug-likeness (QED) is 0.748. The number of nitrogens with two attached hydrogens (primary N) is 1. The number of hydrogen-bond acceptors (Lipinski definition) is 3. The molecule has 0 spiro atoms. The lowest BCUT2D eigenvalue weighted by Crippen LogP contribution is -2.08. The maximum absolute atomic E-state index is 6.28. The predicted molar refractivity (Wildman–Crippen MR) is 76.0 cm³/mol. The number of benzene rings is 1. The first kappa shape index (κ1) is 11.5. The van der Waals surface area contributed by atoms with E-state index >= 15 is 0 Å². The maximum atomic E-state index is 6.28. The highest BCUT2D eigenvalue weighted by Gasteiger charge is 2.16. The number of aryl methyl sites for hydroxylation is 2. The minimum atomic E-state index is -0.171. The lowest BCUT2D eigenvalue weighted by atomic mass is 10.1. The molecule has 3 aromatic rings. The zero-order chi connectivity index (χ0) is 12.7. The summed E-state index contributed by atoms with van der Waals surface area (Å²) >= 11 is 1.74. The molecule has 2 aromatic heterocycles. The van der Waals surface area contributed by atoms with Crippen molar-refractivity contribution in [3.63, 3.8) is 0 Å². The number of furan rings is 1. The van der Waals surface area contributed by atoms with Crippen LogP contribution in [0.25, 0.3) is 11.0 Å². The molecular weight excluding hydrogens is 242 g/mol. The topological polar surface area (TPSA) is 39.2 Å². The highest BCUT2D eigenvalue weighted by molar-refractivity contribution is 7.12. The number of para-hydroxylation sites is 1. The van der Waals surface area contributed by atoms with Gasteiger partial charge in [-0.05, 0) is 37.6 Å². The predicted octanol–water partition coefficient (Wildman–Crippen LogP) is 4.16. The second kappa shape index (κ2) is 4.26. The molecule has 1 atom stereocenters. The molecule has 0 saturated carbocycles. The van der Waals surface area contributed by atoms with E-state index in [0.717, 1.165) is 21.6 Å². The summed E-state index contributed by atoms with van der Waals surface area (Å²) in [6.07, 6.45) is 0. The highest BCUT2D eigenvalue weighted by atomic mass is 32.1. The van der Waals surface area contributed by atoms with Crippen molar-refractivity contribution >= 4 is 22.3 Å². The average Bonchev–Trinajstić information content (AvgIpc) is 2.93. The van der Waals surface area contributed by atoms with Crippen molar-refractivity contribution in [1.82, 2.24) is 0 Å². The Bertz CT molecular complexity index is 643. The van der Waals surface area contributed by atoms with Crippen LogP contribution < -0.4 is 5.73 Å². The number of fused-ring (bicyclic) bond motifs is 1. The maximum Gasteiger partial charge on any atom is 0.134 e. The fraction of sp³-hybridized carbons (Fsp3) is 0.200. The average molecular weight is 257 g/mol. The minimum Gasteiger partial charge on any atom is -0.459 e. The summed E-state index contributed by atoms with van der Waals surface area (Å²) in [5.74, 6) is 0.831. The molecular formula is C15H15NOS. The largest absolute Gasteiger partial charge is 0.459 e. The molecule has 0 fully saturated rings. The van der Waals surface area contributed by atoms with Crippen molar-refractivity contribution in [2.75, 3.05) is 0 Å². The summed E-state index contributed by atoms with van der Waals surface area (Å²) in [5.41, 5.74) is 8.47. The molecule has 2 N–H and O–H groups in total. The normalized spacial score (nSPS) is 13.1. The van der Waals surface area contributed by atoms with E-state index in [9.17, 15) is 0 Å². The smallest absolute Gasteiger partial charge is 0.134 e. The summed E-state index contributed by atoms with van der Waals surface area (Å²) < 4.78 is 5.82. The Morgan fingerprint density at radius 3 is 2.61 bits per heavy atom. The second-order valence-corrected chi connectivity index (χ2v) is 5.84. The van der Waals surface area contributed by atoms with Crippen molar-refractivity contribution in [1.29, 1.82) is 0 Å². The lowest BCUT2D eigenvalue weighted by Gasteiger charge is -2.04. The van der Waals surface area contributed by atoms with Gasteiger partial charge in [0.2, 0.25) is 0 Å². The number of rotatable bonds is 2. The van der Waals surface area contributed by atoms with E-state index in [-0.39, 0.29) is 6.04 Å². The lowest BCUT2D eigenvalue weighted by molar-refractivity contribution is 0.528. The number of hydrogen-bond donors (Lipinski definition) is 1. The van der Waals surface area contributed by atoms with Crippen LogP contribution >= 0.6 is 11.3 Å². The third-order valence-corrected chi connectivity index (χ3v) is 4.48. The molecule has 2 heterocycles. The summed E-state index contributed by atoms with van der Waals surface area (Å²) in [6.45, 7) is 4.23. The van der Waals surface area contributed by atoms with Gasteiger partial charge in [0.1, 0.15) is 11.3 Å². The molecule has 3 heteroatoms. The standard InChI is InChI=1S/C15H15NOS/c1-9-7-14(18-10(9)2)15(16)13-8-11-5-3-4-6-12(11)17-13/h3-8,15H,16H2,1-2H3. The molecule has 3 rings (SSSR count). The first-order valence-corrected chi connectivity index (χ1v) is 6.78. The van der Waals surface area contributed by atoms with Gasteiger partial charge in [0.25, 0.3) is 0 Å². The van der Waals surface area contributed by atoms with Crippen molar-refractivity contribution in [2.45, 2.75) is 19.9 Å². The second-order valence-electron chi connectivity index (χ2n) is 4.55. The first-order chi connectivity index (χ1) is 8.65. The van der Waals surface area contributed by atoms with E-state index in [2.05, 4.69) is 19.9 Å². The van der Waals surface area contributed by atoms with Crippen LogP contribution in [0.5, 0.6) is 0 Å². The van der Waals surface area contributed by atoms with E-state index in [0.29, 0.717) is 0 Å². The van der Waals surface area contributed by atoms with Crippen LogP contribution in [0.2, 0.25) is 0 Å². The van der Waals surface area contributed by atoms with Crippen molar-refractivity contribution < 1.29 is 4.42 Å². The summed E-state index contributed by atoms with van der Waals surface area (Å²) in [5, 5.41) is 1.10. The Balaban J connectivity index is 2.03. The van der Waals surface area contributed by atoms with Crippen molar-refractivity contribution in [3.8, 4) is 0 Å². The summed E-state index contributed by atoms with van der Waals surface area (Å²) in [6, 6.07) is 12.0. The van der Waals surface area contributed by atoms with Gasteiger partial charge in [-0.15, -0.1) is 11.3 Å². The Kier molecular flexibility index (Phi) is 2.73. The molecule has 0 radical (unpaired) electrons. The fourth-order valence-electron chi connectivity index (χ4n) is 2.05. The minimum absolute atomic E-state index is 0.171. The van der Waals surface area contributed by atoms with Gasteiger partial charge in [-0.1, -0.05) is 18.2 Å². The molecule has 0 aliphatic heterocycles. The van der Waals surface area contributed by atoms with Gasteiger partial charge in [0.05, 0.1) is 6.04 Å². The van der Waals surface area contributed by atoms with Gasteiger partial charge >= 0.3 is 0 Å². The third kappa shape index (κ3) is 1.85. The molecule has 1 aromatic carbocycles. The van der Waals surface area contributed by atoms with Gasteiger partial charge in [-0.25, -0.2) is 0 Å². The van der Waals surface area contributed by atoms with Crippen LogP contribution in [-0.4, -0.2) is 0 Å². The molecule has 1 unspecified atom stereocenters. The summed E-state index contributed by atoms with van der Waals surface area (Å²) in [7, 11) is 0. The zero-order valence-corrected chi connectivity index (χ0v) is 11.3. The van der Waals surface area contributed by atoms with Crippen LogP contribution in [0, 0.1) is 13.8 Å². The van der Waals surface area contributed by atoms with Crippen LogP contribution in [0.3, 0.4) is 0 Å².